The van der Waals surface area contributed by atoms with Crippen molar-refractivity contribution in [1.29, 1.82) is 0 Å². The fourth-order valence-corrected chi connectivity index (χ4v) is 7.43. The standard InChI is InChI=1S/C48H30O/c1-2-12-33(13-3-1)46-39-15-6-8-17-41(39)47(42-18-9-7-16-40(42)46)34-24-21-32(22-25-34)36-27-28-45-44(30-36)43-20-10-19-38(48(43)49-45)37-26-23-31-11-4-5-14-35(31)29-37/h1-30H/i21D,22D,24D,25D. The van der Waals surface area contributed by atoms with Crippen LogP contribution in [0.1, 0.15) is 5.48 Å². The summed E-state index contributed by atoms with van der Waals surface area (Å²) in [5.41, 5.74) is 7.53. The van der Waals surface area contributed by atoms with Crippen molar-refractivity contribution in [1.82, 2.24) is 0 Å². The van der Waals surface area contributed by atoms with Gasteiger partial charge in [-0.25, -0.2) is 0 Å². The van der Waals surface area contributed by atoms with Crippen molar-refractivity contribution in [3.63, 3.8) is 0 Å². The Kier molecular flexibility index (Phi) is 5.38. The highest BCUT2D eigenvalue weighted by Crippen LogP contribution is 2.44. The predicted octanol–water partition coefficient (Wildman–Crippen LogP) is 13.7. The first kappa shape index (κ1) is 23.8. The molecule has 0 saturated carbocycles. The number of furan rings is 1. The number of benzene rings is 9. The summed E-state index contributed by atoms with van der Waals surface area (Å²) >= 11 is 0. The first-order valence-electron chi connectivity index (χ1n) is 18.5. The zero-order valence-electron chi connectivity index (χ0n) is 30.4. The molecule has 0 atom stereocenters. The normalized spacial score (nSPS) is 12.8. The van der Waals surface area contributed by atoms with E-state index in [-0.39, 0.29) is 29.7 Å². The lowest BCUT2D eigenvalue weighted by molar-refractivity contribution is 0.670. The SMILES string of the molecule is [2H]c1c([2H])c(-c2c3ccccc3c(-c3ccccc3)c3ccccc23)c([2H])c([2H])c1-c1ccc2oc3c(-c4ccc5ccccc5c4)cccc3c2c1. The Labute approximate surface area is 289 Å². The molecule has 0 aliphatic rings. The summed E-state index contributed by atoms with van der Waals surface area (Å²) in [6.45, 7) is 0. The third kappa shape index (κ3) is 4.47. The highest BCUT2D eigenvalue weighted by molar-refractivity contribution is 6.21. The Morgan fingerprint density at radius 3 is 1.63 bits per heavy atom. The number of hydrogen-bond acceptors (Lipinski definition) is 1. The van der Waals surface area contributed by atoms with Gasteiger partial charge in [-0.1, -0.05) is 164 Å². The van der Waals surface area contributed by atoms with Crippen LogP contribution >= 0.6 is 0 Å². The van der Waals surface area contributed by atoms with E-state index in [0.717, 1.165) is 65.5 Å². The molecule has 228 valence electrons. The average molecular weight is 627 g/mol. The number of para-hydroxylation sites is 1. The smallest absolute Gasteiger partial charge is 0.143 e. The maximum absolute atomic E-state index is 9.46. The zero-order chi connectivity index (χ0) is 35.8. The molecule has 49 heavy (non-hydrogen) atoms. The van der Waals surface area contributed by atoms with Gasteiger partial charge in [-0.3, -0.25) is 0 Å². The van der Waals surface area contributed by atoms with Crippen LogP contribution in [0.4, 0.5) is 0 Å². The maximum atomic E-state index is 9.46. The van der Waals surface area contributed by atoms with Crippen molar-refractivity contribution >= 4 is 54.3 Å². The van der Waals surface area contributed by atoms with Crippen molar-refractivity contribution in [2.24, 2.45) is 0 Å². The van der Waals surface area contributed by atoms with Crippen molar-refractivity contribution in [3.8, 4) is 44.5 Å². The first-order valence-corrected chi connectivity index (χ1v) is 16.5. The molecule has 0 spiro atoms. The van der Waals surface area contributed by atoms with Gasteiger partial charge >= 0.3 is 0 Å². The van der Waals surface area contributed by atoms with Crippen LogP contribution in [0.25, 0.3) is 98.8 Å². The van der Waals surface area contributed by atoms with Gasteiger partial charge in [0, 0.05) is 16.3 Å². The van der Waals surface area contributed by atoms with Crippen molar-refractivity contribution < 1.29 is 9.90 Å². The molecule has 1 heterocycles. The lowest BCUT2D eigenvalue weighted by Crippen LogP contribution is -1.90. The van der Waals surface area contributed by atoms with Crippen molar-refractivity contribution in [3.05, 3.63) is 182 Å². The Balaban J connectivity index is 1.17. The molecule has 0 aliphatic carbocycles. The van der Waals surface area contributed by atoms with Gasteiger partial charge in [0.25, 0.3) is 0 Å². The molecule has 0 amide bonds. The number of rotatable bonds is 4. The van der Waals surface area contributed by atoms with Gasteiger partial charge in [0.05, 0.1) is 5.48 Å². The number of hydrogen-bond donors (Lipinski definition) is 0. The second-order valence-corrected chi connectivity index (χ2v) is 12.5. The molecule has 9 aromatic carbocycles. The van der Waals surface area contributed by atoms with Gasteiger partial charge in [0.15, 0.2) is 0 Å². The highest BCUT2D eigenvalue weighted by atomic mass is 16.3. The minimum atomic E-state index is -0.0784. The molecule has 0 unspecified atom stereocenters. The molecular formula is C48H30O. The van der Waals surface area contributed by atoms with E-state index in [1.54, 1.807) is 0 Å². The highest BCUT2D eigenvalue weighted by Gasteiger charge is 2.17. The lowest BCUT2D eigenvalue weighted by atomic mass is 9.86. The molecule has 1 aromatic heterocycles. The zero-order valence-corrected chi connectivity index (χ0v) is 26.4. The van der Waals surface area contributed by atoms with E-state index in [1.165, 1.54) is 5.39 Å². The Morgan fingerprint density at radius 1 is 0.347 bits per heavy atom. The van der Waals surface area contributed by atoms with Crippen LogP contribution in [-0.2, 0) is 0 Å². The van der Waals surface area contributed by atoms with Crippen LogP contribution in [0, 0.1) is 0 Å². The van der Waals surface area contributed by atoms with Crippen molar-refractivity contribution in [2.75, 3.05) is 0 Å². The van der Waals surface area contributed by atoms with E-state index in [4.69, 9.17) is 4.42 Å². The van der Waals surface area contributed by atoms with Crippen LogP contribution in [0.2, 0.25) is 0 Å². The van der Waals surface area contributed by atoms with E-state index < -0.39 is 0 Å². The lowest BCUT2D eigenvalue weighted by Gasteiger charge is -2.18. The Bertz CT molecular complexity index is 3020. The topological polar surface area (TPSA) is 13.1 Å². The van der Waals surface area contributed by atoms with E-state index in [2.05, 4.69) is 60.7 Å². The first-order chi connectivity index (χ1) is 26.0. The summed E-state index contributed by atoms with van der Waals surface area (Å²) in [5, 5.41) is 7.86. The largest absolute Gasteiger partial charge is 0.455 e. The van der Waals surface area contributed by atoms with Crippen LogP contribution in [0.3, 0.4) is 0 Å². The summed E-state index contributed by atoms with van der Waals surface area (Å²) in [6, 6.07) is 52.6. The van der Waals surface area contributed by atoms with Gasteiger partial charge in [-0.2, -0.15) is 0 Å². The molecule has 0 fully saturated rings. The summed E-state index contributed by atoms with van der Waals surface area (Å²) in [7, 11) is 0. The number of fused-ring (bicyclic) bond motifs is 6. The minimum Gasteiger partial charge on any atom is -0.455 e. The molecule has 0 bridgehead atoms. The molecule has 0 saturated heterocycles. The summed E-state index contributed by atoms with van der Waals surface area (Å²) in [4.78, 5) is 0. The maximum Gasteiger partial charge on any atom is 0.143 e. The molecule has 1 nitrogen and oxygen atoms in total. The van der Waals surface area contributed by atoms with Gasteiger partial charge in [0.2, 0.25) is 0 Å². The second-order valence-electron chi connectivity index (χ2n) is 12.5. The molecule has 10 rings (SSSR count). The Hall–Kier alpha value is -6.44. The van der Waals surface area contributed by atoms with E-state index in [9.17, 15) is 5.48 Å². The second kappa shape index (κ2) is 11.1. The summed E-state index contributed by atoms with van der Waals surface area (Å²) < 4.78 is 44.2. The fourth-order valence-electron chi connectivity index (χ4n) is 7.43. The summed E-state index contributed by atoms with van der Waals surface area (Å²) in [6.07, 6.45) is 0. The van der Waals surface area contributed by atoms with Crippen LogP contribution in [-0.4, -0.2) is 0 Å². The molecule has 0 N–H and O–H groups in total. The third-order valence-corrected chi connectivity index (χ3v) is 9.71. The van der Waals surface area contributed by atoms with Gasteiger partial charge < -0.3 is 4.42 Å². The fraction of sp³-hybridized carbons (Fsp3) is 0. The summed E-state index contributed by atoms with van der Waals surface area (Å²) in [5.74, 6) is 0. The predicted molar refractivity (Wildman–Crippen MR) is 208 cm³/mol. The Morgan fingerprint density at radius 2 is 0.918 bits per heavy atom. The molecule has 1 heteroatoms. The van der Waals surface area contributed by atoms with Gasteiger partial charge in [-0.05, 0) is 89.5 Å². The van der Waals surface area contributed by atoms with Crippen LogP contribution in [0.15, 0.2) is 186 Å². The van der Waals surface area contributed by atoms with E-state index in [0.29, 0.717) is 22.3 Å². The molecular weight excluding hydrogens is 593 g/mol. The monoisotopic (exact) mass is 626 g/mol. The molecule has 0 radical (unpaired) electrons. The van der Waals surface area contributed by atoms with Crippen molar-refractivity contribution in [2.45, 2.75) is 0 Å². The molecule has 0 aliphatic heterocycles. The van der Waals surface area contributed by atoms with Crippen LogP contribution in [0.5, 0.6) is 0 Å². The molecule has 10 aromatic rings. The van der Waals surface area contributed by atoms with Gasteiger partial charge in [-0.15, -0.1) is 0 Å². The van der Waals surface area contributed by atoms with Crippen LogP contribution < -0.4 is 0 Å². The average Bonchev–Trinajstić information content (AvgIpc) is 3.58. The van der Waals surface area contributed by atoms with E-state index in [1.807, 2.05) is 97.1 Å². The van der Waals surface area contributed by atoms with E-state index >= 15 is 0 Å². The third-order valence-electron chi connectivity index (χ3n) is 9.71. The van der Waals surface area contributed by atoms with Gasteiger partial charge in [0.1, 0.15) is 11.2 Å². The quantitative estimate of drug-likeness (QED) is 0.177. The minimum absolute atomic E-state index is 0.0699.